The highest BCUT2D eigenvalue weighted by Gasteiger charge is 2.20. The van der Waals surface area contributed by atoms with Gasteiger partial charge in [-0.05, 0) is 32.9 Å². The van der Waals surface area contributed by atoms with Crippen molar-refractivity contribution in [2.45, 2.75) is 27.3 Å². The zero-order valence-corrected chi connectivity index (χ0v) is 19.2. The second-order valence-electron chi connectivity index (χ2n) is 8.15. The number of benzene rings is 1. The standard InChI is InChI=1S/C24H23FN8O/c1-14-23(16(3)32(29-14)13-17-7-5-6-8-19(17)25)28-24(34)20-11-22-26-10-9-21(33(22)30-20)18-12-27-31(4)15(18)2/h5-12H,13H2,1-4H3,(H,28,34). The maximum atomic E-state index is 14.1. The minimum absolute atomic E-state index is 0.224. The van der Waals surface area contributed by atoms with Crippen LogP contribution in [0, 0.1) is 26.6 Å². The second-order valence-corrected chi connectivity index (χ2v) is 8.15. The highest BCUT2D eigenvalue weighted by Crippen LogP contribution is 2.25. The lowest BCUT2D eigenvalue weighted by Gasteiger charge is -2.07. The van der Waals surface area contributed by atoms with Crippen LogP contribution in [-0.2, 0) is 13.6 Å². The zero-order chi connectivity index (χ0) is 24.0. The highest BCUT2D eigenvalue weighted by atomic mass is 19.1. The SMILES string of the molecule is Cc1nn(Cc2ccccc2F)c(C)c1NC(=O)c1cc2nccc(-c3cnn(C)c3C)n2n1. The first-order valence-corrected chi connectivity index (χ1v) is 10.8. The van der Waals surface area contributed by atoms with Crippen LogP contribution in [-0.4, -0.2) is 40.1 Å². The Hall–Kier alpha value is -4.34. The van der Waals surface area contributed by atoms with Crippen molar-refractivity contribution in [2.75, 3.05) is 5.32 Å². The number of amides is 1. The summed E-state index contributed by atoms with van der Waals surface area (Å²) < 4.78 is 19.2. The average molecular weight is 459 g/mol. The Morgan fingerprint density at radius 3 is 2.62 bits per heavy atom. The van der Waals surface area contributed by atoms with Gasteiger partial charge in [0.25, 0.3) is 5.91 Å². The minimum atomic E-state index is -0.379. The molecule has 1 amide bonds. The Morgan fingerprint density at radius 2 is 1.88 bits per heavy atom. The van der Waals surface area contributed by atoms with Gasteiger partial charge in [0.1, 0.15) is 5.82 Å². The third-order valence-corrected chi connectivity index (χ3v) is 6.00. The topological polar surface area (TPSA) is 94.9 Å². The van der Waals surface area contributed by atoms with Crippen LogP contribution in [0.2, 0.25) is 0 Å². The minimum Gasteiger partial charge on any atom is -0.317 e. The zero-order valence-electron chi connectivity index (χ0n) is 19.2. The molecule has 0 aliphatic rings. The Kier molecular flexibility index (Phi) is 5.20. The van der Waals surface area contributed by atoms with Gasteiger partial charge >= 0.3 is 0 Å². The molecule has 172 valence electrons. The smallest absolute Gasteiger partial charge is 0.276 e. The van der Waals surface area contributed by atoms with E-state index in [9.17, 15) is 9.18 Å². The molecule has 4 heterocycles. The molecule has 0 unspecified atom stereocenters. The van der Waals surface area contributed by atoms with Gasteiger partial charge in [-0.25, -0.2) is 13.9 Å². The quantitative estimate of drug-likeness (QED) is 0.433. The molecular formula is C24H23FN8O. The number of aryl methyl sites for hydroxylation is 2. The fourth-order valence-electron chi connectivity index (χ4n) is 3.96. The van der Waals surface area contributed by atoms with Gasteiger partial charge in [-0.3, -0.25) is 14.2 Å². The maximum Gasteiger partial charge on any atom is 0.276 e. The molecule has 0 aliphatic carbocycles. The van der Waals surface area contributed by atoms with Gasteiger partial charge < -0.3 is 5.32 Å². The van der Waals surface area contributed by atoms with Crippen LogP contribution in [0.15, 0.2) is 48.8 Å². The summed E-state index contributed by atoms with van der Waals surface area (Å²) in [7, 11) is 1.87. The fourth-order valence-corrected chi connectivity index (χ4v) is 3.96. The molecule has 34 heavy (non-hydrogen) atoms. The summed E-state index contributed by atoms with van der Waals surface area (Å²) in [5, 5.41) is 16.2. The van der Waals surface area contributed by atoms with E-state index in [-0.39, 0.29) is 24.0 Å². The van der Waals surface area contributed by atoms with Crippen LogP contribution in [0.25, 0.3) is 16.9 Å². The molecule has 0 radical (unpaired) electrons. The summed E-state index contributed by atoms with van der Waals surface area (Å²) in [4.78, 5) is 17.5. The van der Waals surface area contributed by atoms with Gasteiger partial charge in [0, 0.05) is 36.1 Å². The molecule has 5 aromatic rings. The summed E-state index contributed by atoms with van der Waals surface area (Å²) >= 11 is 0. The summed E-state index contributed by atoms with van der Waals surface area (Å²) in [6.07, 6.45) is 3.45. The van der Waals surface area contributed by atoms with E-state index >= 15 is 0 Å². The number of hydrogen-bond acceptors (Lipinski definition) is 5. The van der Waals surface area contributed by atoms with E-state index in [0.717, 1.165) is 22.6 Å². The molecule has 0 saturated heterocycles. The predicted molar refractivity (Wildman–Crippen MR) is 125 cm³/mol. The molecule has 1 N–H and O–H groups in total. The van der Waals surface area contributed by atoms with Crippen LogP contribution in [0.4, 0.5) is 10.1 Å². The Bertz CT molecular complexity index is 1540. The molecule has 10 heteroatoms. The fraction of sp³-hybridized carbons (Fsp3) is 0.208. The first-order valence-electron chi connectivity index (χ1n) is 10.8. The van der Waals surface area contributed by atoms with Crippen molar-refractivity contribution in [2.24, 2.45) is 7.05 Å². The van der Waals surface area contributed by atoms with Crippen LogP contribution in [0.1, 0.15) is 33.1 Å². The third kappa shape index (κ3) is 3.62. The van der Waals surface area contributed by atoms with Crippen molar-refractivity contribution in [3.05, 3.63) is 82.9 Å². The molecule has 0 saturated carbocycles. The number of nitrogens with one attached hydrogen (secondary N) is 1. The van der Waals surface area contributed by atoms with E-state index in [0.29, 0.717) is 22.6 Å². The van der Waals surface area contributed by atoms with Crippen molar-refractivity contribution >= 4 is 17.2 Å². The van der Waals surface area contributed by atoms with Crippen molar-refractivity contribution in [3.8, 4) is 11.3 Å². The number of carbonyl (C=O) groups is 1. The molecule has 0 fully saturated rings. The maximum absolute atomic E-state index is 14.1. The second kappa shape index (κ2) is 8.22. The molecule has 9 nitrogen and oxygen atoms in total. The summed E-state index contributed by atoms with van der Waals surface area (Å²) in [5.41, 5.74) is 5.91. The van der Waals surface area contributed by atoms with Gasteiger partial charge in [0.05, 0.1) is 35.5 Å². The molecule has 0 spiro atoms. The first kappa shape index (κ1) is 21.5. The van der Waals surface area contributed by atoms with Crippen LogP contribution >= 0.6 is 0 Å². The van der Waals surface area contributed by atoms with Crippen molar-refractivity contribution in [3.63, 3.8) is 0 Å². The van der Waals surface area contributed by atoms with Crippen LogP contribution < -0.4 is 5.32 Å². The molecule has 0 atom stereocenters. The number of hydrogen-bond donors (Lipinski definition) is 1. The average Bonchev–Trinajstić information content (AvgIpc) is 3.48. The van der Waals surface area contributed by atoms with E-state index in [1.165, 1.54) is 6.07 Å². The van der Waals surface area contributed by atoms with E-state index in [1.807, 2.05) is 27.0 Å². The van der Waals surface area contributed by atoms with E-state index < -0.39 is 0 Å². The van der Waals surface area contributed by atoms with Gasteiger partial charge in [-0.1, -0.05) is 18.2 Å². The van der Waals surface area contributed by atoms with E-state index in [1.54, 1.807) is 57.5 Å². The highest BCUT2D eigenvalue weighted by molar-refractivity contribution is 6.04. The molecule has 1 aromatic carbocycles. The van der Waals surface area contributed by atoms with Crippen molar-refractivity contribution in [1.29, 1.82) is 0 Å². The third-order valence-electron chi connectivity index (χ3n) is 6.00. The Balaban J connectivity index is 1.44. The largest absolute Gasteiger partial charge is 0.317 e. The number of fused-ring (bicyclic) bond motifs is 1. The first-order chi connectivity index (χ1) is 16.3. The Morgan fingerprint density at radius 1 is 1.09 bits per heavy atom. The number of halogens is 1. The summed E-state index contributed by atoms with van der Waals surface area (Å²) in [6, 6.07) is 10.0. The lowest BCUT2D eigenvalue weighted by Crippen LogP contribution is -2.14. The van der Waals surface area contributed by atoms with E-state index in [2.05, 4.69) is 25.6 Å². The number of anilines is 1. The number of carbonyl (C=O) groups excluding carboxylic acids is 1. The number of nitrogens with zero attached hydrogens (tertiary/aromatic N) is 7. The van der Waals surface area contributed by atoms with Crippen LogP contribution in [0.5, 0.6) is 0 Å². The number of rotatable bonds is 5. The summed E-state index contributed by atoms with van der Waals surface area (Å²) in [6.45, 7) is 5.87. The van der Waals surface area contributed by atoms with Gasteiger partial charge in [0.15, 0.2) is 11.3 Å². The van der Waals surface area contributed by atoms with E-state index in [4.69, 9.17) is 0 Å². The van der Waals surface area contributed by atoms with Crippen LogP contribution in [0.3, 0.4) is 0 Å². The Labute approximate surface area is 194 Å². The summed E-state index contributed by atoms with van der Waals surface area (Å²) in [5.74, 6) is -0.673. The monoisotopic (exact) mass is 458 g/mol. The van der Waals surface area contributed by atoms with Gasteiger partial charge in [0.2, 0.25) is 0 Å². The molecule has 4 aromatic heterocycles. The molecular weight excluding hydrogens is 435 g/mol. The van der Waals surface area contributed by atoms with Gasteiger partial charge in [-0.2, -0.15) is 15.3 Å². The van der Waals surface area contributed by atoms with Crippen molar-refractivity contribution in [1.82, 2.24) is 34.2 Å². The number of aromatic nitrogens is 7. The molecule has 0 aliphatic heterocycles. The lowest BCUT2D eigenvalue weighted by molar-refractivity contribution is 0.102. The molecule has 5 rings (SSSR count). The predicted octanol–water partition coefficient (Wildman–Crippen LogP) is 3.69. The van der Waals surface area contributed by atoms with Gasteiger partial charge in [-0.15, -0.1) is 0 Å². The van der Waals surface area contributed by atoms with Crippen molar-refractivity contribution < 1.29 is 9.18 Å². The lowest BCUT2D eigenvalue weighted by atomic mass is 10.2. The normalized spacial score (nSPS) is 11.3. The molecule has 0 bridgehead atoms.